The molecular weight excluding hydrogens is 308 g/mol. The van der Waals surface area contributed by atoms with E-state index in [1.807, 2.05) is 29.8 Å². The second-order valence-corrected chi connectivity index (χ2v) is 5.30. The number of rotatable bonds is 2. The highest BCUT2D eigenvalue weighted by Gasteiger charge is 2.30. The number of carbonyl (C=O) groups is 1. The number of aromatic nitrogens is 2. The first-order valence-electron chi connectivity index (χ1n) is 5.93. The Kier molecular flexibility index (Phi) is 2.91. The number of hydrogen-bond acceptors (Lipinski definition) is 3. The summed E-state index contributed by atoms with van der Waals surface area (Å²) in [6.07, 6.45) is 3.65. The van der Waals surface area contributed by atoms with E-state index in [-0.39, 0.29) is 11.9 Å². The van der Waals surface area contributed by atoms with E-state index in [1.54, 1.807) is 13.2 Å². The van der Waals surface area contributed by atoms with Crippen LogP contribution in [-0.2, 0) is 4.79 Å². The molecule has 1 aromatic carbocycles. The Balaban J connectivity index is 2.15. The third-order valence-electron chi connectivity index (χ3n) is 3.32. The summed E-state index contributed by atoms with van der Waals surface area (Å²) >= 11 is 3.57. The van der Waals surface area contributed by atoms with E-state index in [1.165, 1.54) is 0 Å². The van der Waals surface area contributed by atoms with Gasteiger partial charge in [-0.3, -0.25) is 4.79 Å². The molecule has 6 heteroatoms. The highest BCUT2D eigenvalue weighted by molar-refractivity contribution is 9.10. The van der Waals surface area contributed by atoms with Gasteiger partial charge in [0, 0.05) is 28.1 Å². The van der Waals surface area contributed by atoms with Crippen molar-refractivity contribution < 1.29 is 4.79 Å². The van der Waals surface area contributed by atoms with Crippen LogP contribution in [-0.4, -0.2) is 22.5 Å². The van der Waals surface area contributed by atoms with Crippen LogP contribution in [0.3, 0.4) is 0 Å². The minimum Gasteiger partial charge on any atom is -0.324 e. The molecule has 1 aromatic heterocycles. The van der Waals surface area contributed by atoms with Crippen molar-refractivity contribution in [2.75, 3.05) is 12.4 Å². The second-order valence-electron chi connectivity index (χ2n) is 4.45. The number of benzene rings is 1. The molecule has 19 heavy (non-hydrogen) atoms. The predicted octanol–water partition coefficient (Wildman–Crippen LogP) is 2.16. The minimum absolute atomic E-state index is 0.0242. The van der Waals surface area contributed by atoms with E-state index in [9.17, 15) is 4.79 Å². The fourth-order valence-corrected chi connectivity index (χ4v) is 2.93. The van der Waals surface area contributed by atoms with Crippen LogP contribution in [0.15, 0.2) is 29.0 Å². The van der Waals surface area contributed by atoms with Gasteiger partial charge in [-0.05, 0) is 42.0 Å². The van der Waals surface area contributed by atoms with Crippen molar-refractivity contribution in [3.63, 3.8) is 0 Å². The third kappa shape index (κ3) is 1.87. The molecule has 1 aliphatic rings. The molecule has 2 aromatic rings. The average molecular weight is 321 g/mol. The Hall–Kier alpha value is -1.66. The molecule has 2 heterocycles. The van der Waals surface area contributed by atoms with E-state index < -0.39 is 0 Å². The Bertz CT molecular complexity index is 665. The van der Waals surface area contributed by atoms with Crippen LogP contribution in [0.4, 0.5) is 5.69 Å². The number of hydrogen-bond donors (Lipinski definition) is 2. The quantitative estimate of drug-likeness (QED) is 0.891. The number of anilines is 1. The topological polar surface area (TPSA) is 59.0 Å². The number of amides is 1. The summed E-state index contributed by atoms with van der Waals surface area (Å²) in [4.78, 5) is 16.0. The molecule has 0 aliphatic carbocycles. The maximum absolute atomic E-state index is 11.8. The Labute approximate surface area is 119 Å². The molecule has 98 valence electrons. The lowest BCUT2D eigenvalue weighted by atomic mass is 10.1. The highest BCUT2D eigenvalue weighted by atomic mass is 79.9. The first kappa shape index (κ1) is 12.4. The molecule has 2 N–H and O–H groups in total. The van der Waals surface area contributed by atoms with Crippen molar-refractivity contribution in [3.05, 3.63) is 40.4 Å². The van der Waals surface area contributed by atoms with Crippen LogP contribution < -0.4 is 10.6 Å². The molecule has 0 saturated carbocycles. The van der Waals surface area contributed by atoms with Crippen LogP contribution in [0, 0.1) is 6.92 Å². The highest BCUT2D eigenvalue weighted by Crippen LogP contribution is 2.36. The van der Waals surface area contributed by atoms with Gasteiger partial charge in [0.05, 0.1) is 5.69 Å². The smallest absolute Gasteiger partial charge is 0.246 e. The maximum Gasteiger partial charge on any atom is 0.246 e. The number of halogens is 1. The van der Waals surface area contributed by atoms with E-state index >= 15 is 0 Å². The zero-order valence-electron chi connectivity index (χ0n) is 10.6. The van der Waals surface area contributed by atoms with Crippen LogP contribution in [0.5, 0.6) is 0 Å². The summed E-state index contributed by atoms with van der Waals surface area (Å²) in [5.74, 6) is 0.874. The molecule has 1 atom stereocenters. The van der Waals surface area contributed by atoms with Crippen molar-refractivity contribution in [3.8, 4) is 5.69 Å². The summed E-state index contributed by atoms with van der Waals surface area (Å²) in [5, 5.41) is 5.90. The molecule has 1 amide bonds. The average Bonchev–Trinajstić information content (AvgIpc) is 2.91. The first-order chi connectivity index (χ1) is 9.11. The van der Waals surface area contributed by atoms with Crippen molar-refractivity contribution in [1.82, 2.24) is 14.9 Å². The normalized spacial score (nSPS) is 17.4. The summed E-state index contributed by atoms with van der Waals surface area (Å²) < 4.78 is 2.91. The predicted molar refractivity (Wildman–Crippen MR) is 76.4 cm³/mol. The number of nitrogens with one attached hydrogen (secondary N) is 2. The molecule has 3 rings (SSSR count). The van der Waals surface area contributed by atoms with Gasteiger partial charge in [-0.15, -0.1) is 0 Å². The number of imidazole rings is 1. The first-order valence-corrected chi connectivity index (χ1v) is 6.73. The lowest BCUT2D eigenvalue weighted by Gasteiger charge is -2.12. The lowest BCUT2D eigenvalue weighted by molar-refractivity contribution is -0.117. The van der Waals surface area contributed by atoms with Crippen molar-refractivity contribution in [2.24, 2.45) is 0 Å². The summed E-state index contributed by atoms with van der Waals surface area (Å²) in [6, 6.07) is 3.65. The van der Waals surface area contributed by atoms with E-state index in [0.717, 1.165) is 27.2 Å². The molecule has 0 saturated heterocycles. The molecule has 1 aliphatic heterocycles. The summed E-state index contributed by atoms with van der Waals surface area (Å²) in [5.41, 5.74) is 2.77. The maximum atomic E-state index is 11.8. The number of aryl methyl sites for hydroxylation is 1. The SMILES string of the molecule is CNC1C(=O)Nc2cc(-n3ccnc3C)c(Br)cc21. The van der Waals surface area contributed by atoms with E-state index in [0.29, 0.717) is 0 Å². The zero-order chi connectivity index (χ0) is 13.6. The van der Waals surface area contributed by atoms with Crippen LogP contribution in [0.2, 0.25) is 0 Å². The monoisotopic (exact) mass is 320 g/mol. The number of carbonyl (C=O) groups excluding carboxylic acids is 1. The summed E-state index contributed by atoms with van der Waals surface area (Å²) in [6.45, 7) is 1.94. The van der Waals surface area contributed by atoms with Crippen LogP contribution in [0.25, 0.3) is 5.69 Å². The van der Waals surface area contributed by atoms with Gasteiger partial charge in [-0.25, -0.2) is 4.98 Å². The fourth-order valence-electron chi connectivity index (χ4n) is 2.37. The van der Waals surface area contributed by atoms with Gasteiger partial charge in [0.2, 0.25) is 5.91 Å². The van der Waals surface area contributed by atoms with Crippen molar-refractivity contribution in [2.45, 2.75) is 13.0 Å². The standard InChI is InChI=1S/C13H13BrN4O/c1-7-16-3-4-18(7)11-6-10-8(5-9(11)14)12(15-2)13(19)17-10/h3-6,12,15H,1-2H3,(H,17,19). The second kappa shape index (κ2) is 4.47. The largest absolute Gasteiger partial charge is 0.324 e. The van der Waals surface area contributed by atoms with Gasteiger partial charge in [-0.1, -0.05) is 0 Å². The third-order valence-corrected chi connectivity index (χ3v) is 3.96. The van der Waals surface area contributed by atoms with Crippen LogP contribution in [0.1, 0.15) is 17.4 Å². The molecule has 0 bridgehead atoms. The molecular formula is C13H13BrN4O. The number of fused-ring (bicyclic) bond motifs is 1. The van der Waals surface area contributed by atoms with Gasteiger partial charge in [0.25, 0.3) is 0 Å². The lowest BCUT2D eigenvalue weighted by Crippen LogP contribution is -2.23. The molecule has 0 fully saturated rings. The van der Waals surface area contributed by atoms with E-state index in [2.05, 4.69) is 31.5 Å². The van der Waals surface area contributed by atoms with Crippen molar-refractivity contribution in [1.29, 1.82) is 0 Å². The molecule has 0 radical (unpaired) electrons. The van der Waals surface area contributed by atoms with Gasteiger partial charge < -0.3 is 15.2 Å². The van der Waals surface area contributed by atoms with Crippen LogP contribution >= 0.6 is 15.9 Å². The van der Waals surface area contributed by atoms with Gasteiger partial charge in [0.1, 0.15) is 11.9 Å². The molecule has 1 unspecified atom stereocenters. The molecule has 0 spiro atoms. The Morgan fingerprint density at radius 1 is 1.47 bits per heavy atom. The summed E-state index contributed by atoms with van der Waals surface area (Å²) in [7, 11) is 1.78. The Morgan fingerprint density at radius 3 is 2.89 bits per heavy atom. The van der Waals surface area contributed by atoms with Gasteiger partial charge in [0.15, 0.2) is 0 Å². The number of nitrogens with zero attached hydrogens (tertiary/aromatic N) is 2. The van der Waals surface area contributed by atoms with E-state index in [4.69, 9.17) is 0 Å². The molecule has 5 nitrogen and oxygen atoms in total. The van der Waals surface area contributed by atoms with Gasteiger partial charge >= 0.3 is 0 Å². The zero-order valence-corrected chi connectivity index (χ0v) is 12.2. The van der Waals surface area contributed by atoms with Gasteiger partial charge in [-0.2, -0.15) is 0 Å². The Morgan fingerprint density at radius 2 is 2.26 bits per heavy atom. The van der Waals surface area contributed by atoms with Crippen molar-refractivity contribution >= 4 is 27.5 Å². The fraction of sp³-hybridized carbons (Fsp3) is 0.231. The minimum atomic E-state index is -0.288. The number of likely N-dealkylation sites (N-methyl/N-ethyl adjacent to an activating group) is 1.